The maximum atomic E-state index is 11.2. The van der Waals surface area contributed by atoms with E-state index in [4.69, 9.17) is 0 Å². The molecule has 0 aliphatic carbocycles. The lowest BCUT2D eigenvalue weighted by Crippen LogP contribution is -2.52. The quantitative estimate of drug-likeness (QED) is 0.703. The molecule has 27 heavy (non-hydrogen) atoms. The van der Waals surface area contributed by atoms with Crippen LogP contribution in [0.25, 0.3) is 11.1 Å². The zero-order valence-corrected chi connectivity index (χ0v) is 17.8. The highest BCUT2D eigenvalue weighted by Crippen LogP contribution is 2.37. The molecule has 0 radical (unpaired) electrons. The van der Waals surface area contributed by atoms with Crippen molar-refractivity contribution in [2.75, 3.05) is 13.1 Å². The minimum Gasteiger partial charge on any atom is -0.388 e. The number of likely N-dealkylation sites (tertiary alicyclic amines) is 1. The van der Waals surface area contributed by atoms with E-state index in [1.165, 1.54) is 12.8 Å². The fourth-order valence-corrected chi connectivity index (χ4v) is 4.28. The topological polar surface area (TPSA) is 43.7 Å². The van der Waals surface area contributed by atoms with Crippen LogP contribution in [0.2, 0.25) is 0 Å². The molecule has 1 heterocycles. The molecule has 0 spiro atoms. The first-order chi connectivity index (χ1) is 12.9. The van der Waals surface area contributed by atoms with Gasteiger partial charge in [-0.3, -0.25) is 4.90 Å². The van der Waals surface area contributed by atoms with Crippen molar-refractivity contribution in [3.63, 3.8) is 0 Å². The van der Waals surface area contributed by atoms with Gasteiger partial charge < -0.3 is 10.2 Å². The zero-order valence-electron chi connectivity index (χ0n) is 16.2. The molecule has 0 bridgehead atoms. The zero-order chi connectivity index (χ0) is 19.4. The number of benzene rings is 2. The molecule has 2 aromatic rings. The Balaban J connectivity index is 1.90. The SMILES string of the molecule is CC(C)(c1ccccc1-c1ccc(Br)cc1)C(O)C(O)N1CCCCCC1. The van der Waals surface area contributed by atoms with Gasteiger partial charge >= 0.3 is 0 Å². The Morgan fingerprint density at radius 3 is 2.11 bits per heavy atom. The van der Waals surface area contributed by atoms with Gasteiger partial charge in [-0.15, -0.1) is 0 Å². The van der Waals surface area contributed by atoms with Gasteiger partial charge in [0.15, 0.2) is 0 Å². The van der Waals surface area contributed by atoms with E-state index in [2.05, 4.69) is 40.2 Å². The highest BCUT2D eigenvalue weighted by molar-refractivity contribution is 9.10. The van der Waals surface area contributed by atoms with Crippen LogP contribution < -0.4 is 0 Å². The van der Waals surface area contributed by atoms with E-state index in [0.717, 1.165) is 47.1 Å². The number of halogens is 1. The third-order valence-electron chi connectivity index (χ3n) is 5.81. The number of hydrogen-bond acceptors (Lipinski definition) is 3. The van der Waals surface area contributed by atoms with E-state index in [0.29, 0.717) is 0 Å². The maximum absolute atomic E-state index is 11.2. The van der Waals surface area contributed by atoms with Gasteiger partial charge in [-0.1, -0.05) is 79.0 Å². The first-order valence-corrected chi connectivity index (χ1v) is 10.7. The fraction of sp³-hybridized carbons (Fsp3) is 0.478. The first-order valence-electron chi connectivity index (χ1n) is 9.87. The molecule has 1 aliphatic heterocycles. The second kappa shape index (κ2) is 8.87. The van der Waals surface area contributed by atoms with Gasteiger partial charge in [0.2, 0.25) is 0 Å². The van der Waals surface area contributed by atoms with Crippen molar-refractivity contribution < 1.29 is 10.2 Å². The fourth-order valence-electron chi connectivity index (χ4n) is 4.02. The maximum Gasteiger partial charge on any atom is 0.134 e. The summed E-state index contributed by atoms with van der Waals surface area (Å²) in [5.41, 5.74) is 2.67. The van der Waals surface area contributed by atoms with Crippen LogP contribution in [0, 0.1) is 0 Å². The van der Waals surface area contributed by atoms with Gasteiger partial charge in [0.05, 0.1) is 0 Å². The molecule has 146 valence electrons. The minimum atomic E-state index is -0.868. The number of aliphatic hydroxyl groups is 2. The number of hydrogen-bond donors (Lipinski definition) is 2. The smallest absolute Gasteiger partial charge is 0.134 e. The monoisotopic (exact) mass is 431 g/mol. The van der Waals surface area contributed by atoms with Crippen molar-refractivity contribution in [3.8, 4) is 11.1 Å². The Bertz CT molecular complexity index is 736. The highest BCUT2D eigenvalue weighted by atomic mass is 79.9. The van der Waals surface area contributed by atoms with Crippen LogP contribution >= 0.6 is 15.9 Å². The lowest BCUT2D eigenvalue weighted by Gasteiger charge is -2.39. The number of rotatable bonds is 5. The van der Waals surface area contributed by atoms with Crippen molar-refractivity contribution in [3.05, 3.63) is 58.6 Å². The summed E-state index contributed by atoms with van der Waals surface area (Å²) in [5.74, 6) is 0. The van der Waals surface area contributed by atoms with E-state index in [1.54, 1.807) is 0 Å². The van der Waals surface area contributed by atoms with Crippen LogP contribution in [0.5, 0.6) is 0 Å². The second-order valence-corrected chi connectivity index (χ2v) is 9.00. The molecule has 1 fully saturated rings. The Morgan fingerprint density at radius 2 is 1.48 bits per heavy atom. The minimum absolute atomic E-state index is 0.588. The molecule has 2 aromatic carbocycles. The highest BCUT2D eigenvalue weighted by Gasteiger charge is 2.39. The number of aliphatic hydroxyl groups excluding tert-OH is 2. The molecule has 2 unspecified atom stereocenters. The molecule has 1 aliphatic rings. The molecule has 2 atom stereocenters. The number of nitrogens with zero attached hydrogens (tertiary/aromatic N) is 1. The Labute approximate surface area is 171 Å². The first kappa shape index (κ1) is 20.5. The van der Waals surface area contributed by atoms with Gasteiger partial charge in [0.1, 0.15) is 12.3 Å². The Hall–Kier alpha value is -1.20. The normalized spacial score (nSPS) is 18.7. The molecule has 3 rings (SSSR count). The van der Waals surface area contributed by atoms with E-state index in [-0.39, 0.29) is 0 Å². The molecular weight excluding hydrogens is 402 g/mol. The summed E-state index contributed by atoms with van der Waals surface area (Å²) in [7, 11) is 0. The molecule has 2 N–H and O–H groups in total. The predicted octanol–water partition coefficient (Wildman–Crippen LogP) is 4.95. The van der Waals surface area contributed by atoms with Gasteiger partial charge in [-0.05, 0) is 41.7 Å². The molecule has 3 nitrogen and oxygen atoms in total. The third kappa shape index (κ3) is 4.62. The molecule has 0 saturated carbocycles. The summed E-state index contributed by atoms with van der Waals surface area (Å²) in [6.07, 6.45) is 2.85. The van der Waals surface area contributed by atoms with Crippen molar-refractivity contribution in [1.29, 1.82) is 0 Å². The van der Waals surface area contributed by atoms with Crippen LogP contribution in [-0.4, -0.2) is 40.5 Å². The molecule has 0 aromatic heterocycles. The van der Waals surface area contributed by atoms with Crippen molar-refractivity contribution in [1.82, 2.24) is 4.90 Å². The summed E-state index contributed by atoms with van der Waals surface area (Å²) in [6.45, 7) is 5.75. The summed E-state index contributed by atoms with van der Waals surface area (Å²) in [4.78, 5) is 2.04. The van der Waals surface area contributed by atoms with E-state index >= 15 is 0 Å². The van der Waals surface area contributed by atoms with Crippen LogP contribution in [0.4, 0.5) is 0 Å². The van der Waals surface area contributed by atoms with Crippen LogP contribution in [-0.2, 0) is 5.41 Å². The summed E-state index contributed by atoms with van der Waals surface area (Å²) in [6, 6.07) is 16.4. The second-order valence-electron chi connectivity index (χ2n) is 8.08. The predicted molar refractivity (Wildman–Crippen MR) is 115 cm³/mol. The third-order valence-corrected chi connectivity index (χ3v) is 6.34. The van der Waals surface area contributed by atoms with E-state index in [1.807, 2.05) is 43.0 Å². The van der Waals surface area contributed by atoms with Gasteiger partial charge in [-0.2, -0.15) is 0 Å². The molecular formula is C23H30BrNO2. The van der Waals surface area contributed by atoms with E-state index in [9.17, 15) is 10.2 Å². The van der Waals surface area contributed by atoms with Crippen LogP contribution in [0.1, 0.15) is 45.1 Å². The Morgan fingerprint density at radius 1 is 0.889 bits per heavy atom. The molecule has 1 saturated heterocycles. The molecule has 4 heteroatoms. The average molecular weight is 432 g/mol. The lowest BCUT2D eigenvalue weighted by molar-refractivity contribution is -0.107. The average Bonchev–Trinajstić information content (AvgIpc) is 2.97. The molecule has 0 amide bonds. The van der Waals surface area contributed by atoms with Crippen LogP contribution in [0.3, 0.4) is 0 Å². The van der Waals surface area contributed by atoms with Gasteiger partial charge in [0, 0.05) is 23.0 Å². The van der Waals surface area contributed by atoms with Crippen molar-refractivity contribution in [2.24, 2.45) is 0 Å². The largest absolute Gasteiger partial charge is 0.388 e. The lowest BCUT2D eigenvalue weighted by atomic mass is 9.75. The summed E-state index contributed by atoms with van der Waals surface area (Å²) < 4.78 is 1.04. The van der Waals surface area contributed by atoms with Gasteiger partial charge in [0.25, 0.3) is 0 Å². The summed E-state index contributed by atoms with van der Waals surface area (Å²) in [5, 5.41) is 22.1. The van der Waals surface area contributed by atoms with Crippen molar-refractivity contribution >= 4 is 15.9 Å². The van der Waals surface area contributed by atoms with Crippen molar-refractivity contribution in [2.45, 2.75) is 57.3 Å². The summed E-state index contributed by atoms with van der Waals surface area (Å²) >= 11 is 3.49. The van der Waals surface area contributed by atoms with E-state index < -0.39 is 17.7 Å². The standard InChI is InChI=1S/C23H30BrNO2/c1-23(2,21(26)22(27)25-15-7-3-4-8-16-25)20-10-6-5-9-19(20)17-11-13-18(24)14-12-17/h5-6,9-14,21-22,26-27H,3-4,7-8,15-16H2,1-2H3. The van der Waals surface area contributed by atoms with Crippen LogP contribution in [0.15, 0.2) is 53.0 Å². The Kier molecular flexibility index (Phi) is 6.74. The van der Waals surface area contributed by atoms with Gasteiger partial charge in [-0.25, -0.2) is 0 Å².